The number of guanidine groups is 1. The first kappa shape index (κ1) is 27.2. The average molecular weight is 498 g/mol. The molecule has 0 saturated heterocycles. The average Bonchev–Trinajstić information content (AvgIpc) is 3.37. The molecule has 1 aromatic rings. The van der Waals surface area contributed by atoms with E-state index in [1.54, 1.807) is 37.3 Å². The molecule has 3 rings (SSSR count). The van der Waals surface area contributed by atoms with Crippen molar-refractivity contribution in [3.8, 4) is 5.75 Å². The molecule has 0 spiro atoms. The lowest BCUT2D eigenvalue weighted by molar-refractivity contribution is -0.127. The maximum absolute atomic E-state index is 12.6. The Kier molecular flexibility index (Phi) is 9.46. The molecule has 0 bridgehead atoms. The summed E-state index contributed by atoms with van der Waals surface area (Å²) in [6.45, 7) is 7.54. The summed E-state index contributed by atoms with van der Waals surface area (Å²) in [7, 11) is 7.24. The Morgan fingerprint density at radius 3 is 2.64 bits per heavy atom. The Hall–Kier alpha value is -3.40. The maximum Gasteiger partial charge on any atom is 0.251 e. The predicted molar refractivity (Wildman–Crippen MR) is 144 cm³/mol. The summed E-state index contributed by atoms with van der Waals surface area (Å²) in [6.07, 6.45) is 4.97. The quantitative estimate of drug-likeness (QED) is 0.423. The number of amides is 2. The molecule has 2 amide bonds. The normalized spacial score (nSPS) is 17.5. The number of rotatable bonds is 8. The molecule has 10 heteroatoms. The number of nitrogens with one attached hydrogen (secondary N) is 2. The molecule has 1 fully saturated rings. The van der Waals surface area contributed by atoms with Crippen LogP contribution in [0.2, 0.25) is 0 Å². The fraction of sp³-hybridized carbons (Fsp3) is 0.538. The lowest BCUT2D eigenvalue weighted by Crippen LogP contribution is -2.33. The van der Waals surface area contributed by atoms with Gasteiger partial charge in [0.25, 0.3) is 5.91 Å². The number of allylic oxidation sites excluding steroid dienone is 1. The van der Waals surface area contributed by atoms with E-state index in [-0.39, 0.29) is 17.8 Å². The van der Waals surface area contributed by atoms with Crippen LogP contribution in [0, 0.1) is 0 Å². The van der Waals surface area contributed by atoms with E-state index >= 15 is 0 Å². The van der Waals surface area contributed by atoms with Gasteiger partial charge in [-0.25, -0.2) is 4.99 Å². The number of likely N-dealkylation sites (N-methyl/N-ethyl adjacent to an activating group) is 1. The molecular weight excluding hydrogens is 458 g/mol. The highest BCUT2D eigenvalue weighted by Gasteiger charge is 2.31. The molecule has 0 radical (unpaired) electrons. The second-order valence-corrected chi connectivity index (χ2v) is 9.44. The number of hydrogen-bond acceptors (Lipinski definition) is 6. The molecule has 2 N–H and O–H groups in total. The predicted octanol–water partition coefficient (Wildman–Crippen LogP) is 2.75. The zero-order valence-electron chi connectivity index (χ0n) is 22.1. The van der Waals surface area contributed by atoms with E-state index in [1.807, 2.05) is 25.9 Å². The summed E-state index contributed by atoms with van der Waals surface area (Å²) in [5.41, 5.74) is 1.89. The van der Waals surface area contributed by atoms with Gasteiger partial charge in [-0.05, 0) is 58.8 Å². The van der Waals surface area contributed by atoms with Crippen molar-refractivity contribution in [3.05, 3.63) is 35.3 Å². The highest BCUT2D eigenvalue weighted by Crippen LogP contribution is 2.31. The Morgan fingerprint density at radius 2 is 2.00 bits per heavy atom. The van der Waals surface area contributed by atoms with Crippen LogP contribution < -0.4 is 15.4 Å². The number of benzene rings is 1. The molecule has 36 heavy (non-hydrogen) atoms. The van der Waals surface area contributed by atoms with E-state index < -0.39 is 0 Å². The number of aliphatic imine (C=N–C) groups is 2. The molecule has 0 atom stereocenters. The second-order valence-electron chi connectivity index (χ2n) is 9.44. The van der Waals surface area contributed by atoms with Crippen molar-refractivity contribution < 1.29 is 14.3 Å². The van der Waals surface area contributed by atoms with Crippen LogP contribution in [-0.2, 0) is 4.79 Å². The van der Waals surface area contributed by atoms with Gasteiger partial charge in [-0.15, -0.1) is 0 Å². The lowest BCUT2D eigenvalue weighted by atomic mass is 10.1. The van der Waals surface area contributed by atoms with Crippen LogP contribution >= 0.6 is 0 Å². The van der Waals surface area contributed by atoms with Gasteiger partial charge >= 0.3 is 0 Å². The highest BCUT2D eigenvalue weighted by atomic mass is 16.5. The van der Waals surface area contributed by atoms with Crippen molar-refractivity contribution in [3.63, 3.8) is 0 Å². The molecule has 1 saturated carbocycles. The minimum absolute atomic E-state index is 0.0721. The summed E-state index contributed by atoms with van der Waals surface area (Å²) in [6, 6.07) is 5.52. The standard InChI is InChI=1S/C26H39N7O3/c1-18-24(33(20-9-7-8-10-20)15-13-23(34)32(18)5)30-26(27-2)29-21-12-11-19(17-22(21)36-6)25(35)28-14-16-31(3)4/h11-12,17,20H,2,7-10,13-16H2,1,3-6H3,(H,28,35)(H,29,30). The number of carbonyl (C=O) groups excluding carboxylic acids is 2. The van der Waals surface area contributed by atoms with Gasteiger partial charge in [0.15, 0.2) is 5.82 Å². The monoisotopic (exact) mass is 497 g/mol. The first-order valence-corrected chi connectivity index (χ1v) is 12.4. The Labute approximate surface area is 214 Å². The van der Waals surface area contributed by atoms with Crippen molar-refractivity contribution in [2.75, 3.05) is 53.2 Å². The van der Waals surface area contributed by atoms with Gasteiger partial charge in [0, 0.05) is 44.7 Å². The van der Waals surface area contributed by atoms with Gasteiger partial charge in [-0.3, -0.25) is 9.59 Å². The minimum atomic E-state index is -0.170. The van der Waals surface area contributed by atoms with E-state index in [2.05, 4.69) is 27.2 Å². The van der Waals surface area contributed by atoms with Crippen LogP contribution in [0.25, 0.3) is 0 Å². The van der Waals surface area contributed by atoms with Gasteiger partial charge in [0.1, 0.15) is 5.75 Å². The zero-order chi connectivity index (χ0) is 26.2. The summed E-state index contributed by atoms with van der Waals surface area (Å²) < 4.78 is 5.55. The molecule has 196 valence electrons. The largest absolute Gasteiger partial charge is 0.495 e. The van der Waals surface area contributed by atoms with Crippen LogP contribution in [0.1, 0.15) is 49.4 Å². The van der Waals surface area contributed by atoms with E-state index in [1.165, 1.54) is 12.8 Å². The second kappa shape index (κ2) is 12.5. The topological polar surface area (TPSA) is 102 Å². The van der Waals surface area contributed by atoms with E-state index in [0.717, 1.165) is 30.9 Å². The van der Waals surface area contributed by atoms with E-state index in [9.17, 15) is 9.59 Å². The van der Waals surface area contributed by atoms with Crippen LogP contribution in [-0.4, -0.2) is 93.1 Å². The van der Waals surface area contributed by atoms with Gasteiger partial charge in [-0.2, -0.15) is 4.99 Å². The van der Waals surface area contributed by atoms with E-state index in [4.69, 9.17) is 9.73 Å². The van der Waals surface area contributed by atoms with Crippen LogP contribution in [0.4, 0.5) is 5.69 Å². The summed E-state index contributed by atoms with van der Waals surface area (Å²) in [5, 5.41) is 6.10. The number of ether oxygens (including phenoxy) is 1. The number of nitrogens with zero attached hydrogens (tertiary/aromatic N) is 5. The Morgan fingerprint density at radius 1 is 1.28 bits per heavy atom. The molecule has 1 aliphatic carbocycles. The summed E-state index contributed by atoms with van der Waals surface area (Å²) in [4.78, 5) is 40.0. The van der Waals surface area contributed by atoms with Gasteiger partial charge in [-0.1, -0.05) is 12.8 Å². The summed E-state index contributed by atoms with van der Waals surface area (Å²) >= 11 is 0. The van der Waals surface area contributed by atoms with E-state index in [0.29, 0.717) is 42.6 Å². The SMILES string of the molecule is C=N/C(=N\C1=C(C)N(C)C(=O)CCN1C1CCCC1)Nc1ccc(C(=O)NCCN(C)C)cc1OC. The number of methoxy groups -OCH3 is 1. The molecular formula is C26H39N7O3. The zero-order valence-corrected chi connectivity index (χ0v) is 22.1. The minimum Gasteiger partial charge on any atom is -0.495 e. The molecule has 2 aliphatic rings. The van der Waals surface area contributed by atoms with Crippen molar-refractivity contribution in [1.82, 2.24) is 20.0 Å². The highest BCUT2D eigenvalue weighted by molar-refractivity contribution is 6.00. The van der Waals surface area contributed by atoms with Crippen molar-refractivity contribution in [2.24, 2.45) is 9.98 Å². The molecule has 0 aromatic heterocycles. The third-order valence-electron chi connectivity index (χ3n) is 6.72. The van der Waals surface area contributed by atoms with Crippen LogP contribution in [0.15, 0.2) is 39.7 Å². The fourth-order valence-corrected chi connectivity index (χ4v) is 4.51. The molecule has 0 unspecified atom stereocenters. The lowest BCUT2D eigenvalue weighted by Gasteiger charge is -2.31. The van der Waals surface area contributed by atoms with Crippen molar-refractivity contribution in [1.29, 1.82) is 0 Å². The van der Waals surface area contributed by atoms with Crippen LogP contribution in [0.3, 0.4) is 0 Å². The number of carbonyl (C=O) groups is 2. The van der Waals surface area contributed by atoms with Gasteiger partial charge < -0.3 is 30.1 Å². The third kappa shape index (κ3) is 6.63. The third-order valence-corrected chi connectivity index (χ3v) is 6.72. The van der Waals surface area contributed by atoms with Crippen molar-refractivity contribution in [2.45, 2.75) is 45.1 Å². The molecule has 1 aliphatic heterocycles. The number of hydrogen-bond donors (Lipinski definition) is 2. The van der Waals surface area contributed by atoms with Gasteiger partial charge in [0.05, 0.1) is 18.5 Å². The Balaban J connectivity index is 1.87. The first-order chi connectivity index (χ1) is 17.2. The first-order valence-electron chi connectivity index (χ1n) is 12.4. The number of anilines is 1. The Bertz CT molecular complexity index is 1030. The molecule has 10 nitrogen and oxygen atoms in total. The van der Waals surface area contributed by atoms with Crippen molar-refractivity contribution >= 4 is 30.2 Å². The molecule has 1 aromatic carbocycles. The van der Waals surface area contributed by atoms with Gasteiger partial charge in [0.2, 0.25) is 11.9 Å². The fourth-order valence-electron chi connectivity index (χ4n) is 4.51. The summed E-state index contributed by atoms with van der Waals surface area (Å²) in [5.74, 6) is 1.40. The smallest absolute Gasteiger partial charge is 0.251 e. The maximum atomic E-state index is 12.6. The molecule has 1 heterocycles. The van der Waals surface area contributed by atoms with Crippen LogP contribution in [0.5, 0.6) is 5.75 Å².